The third-order valence-electron chi connectivity index (χ3n) is 3.99. The Morgan fingerprint density at radius 3 is 2.47 bits per heavy atom. The Balaban J connectivity index is 2.07. The maximum Gasteiger partial charge on any atom is 0.231 e. The van der Waals surface area contributed by atoms with Gasteiger partial charge in [0.25, 0.3) is 0 Å². The lowest BCUT2D eigenvalue weighted by molar-refractivity contribution is 0.174. The van der Waals surface area contributed by atoms with E-state index in [0.29, 0.717) is 6.54 Å². The molecule has 92 valence electrons. The Morgan fingerprint density at radius 1 is 1.18 bits per heavy atom. The molecule has 3 rings (SSSR count). The van der Waals surface area contributed by atoms with Crippen LogP contribution < -0.4 is 15.2 Å². The fraction of sp³-hybridized carbons (Fsp3) is 0.538. The highest BCUT2D eigenvalue weighted by Gasteiger charge is 2.37. The van der Waals surface area contributed by atoms with Crippen LogP contribution in [0.4, 0.5) is 0 Å². The molecule has 1 aliphatic carbocycles. The van der Waals surface area contributed by atoms with Crippen LogP contribution in [-0.2, 0) is 5.41 Å². The van der Waals surface area contributed by atoms with E-state index in [0.717, 1.165) is 34.9 Å². The molecule has 0 unspecified atom stereocenters. The number of ether oxygens (including phenoxy) is 2. The number of nitrogens with two attached hydrogens (primary N) is 1. The third kappa shape index (κ3) is 1.69. The van der Waals surface area contributed by atoms with Crippen LogP contribution in [0.25, 0.3) is 0 Å². The van der Waals surface area contributed by atoms with Crippen LogP contribution in [0.15, 0.2) is 12.1 Å². The second-order valence-corrected chi connectivity index (χ2v) is 5.28. The van der Waals surface area contributed by atoms with Gasteiger partial charge in [0.15, 0.2) is 11.5 Å². The van der Waals surface area contributed by atoms with Gasteiger partial charge in [0.2, 0.25) is 6.79 Å². The largest absolute Gasteiger partial charge is 0.454 e. The molecule has 0 aromatic heterocycles. The average molecular weight is 254 g/mol. The van der Waals surface area contributed by atoms with Gasteiger partial charge < -0.3 is 15.2 Å². The van der Waals surface area contributed by atoms with Crippen LogP contribution in [0.2, 0.25) is 5.02 Å². The van der Waals surface area contributed by atoms with Crippen molar-refractivity contribution in [3.05, 3.63) is 22.7 Å². The molecular weight excluding hydrogens is 238 g/mol. The monoisotopic (exact) mass is 253 g/mol. The minimum absolute atomic E-state index is 0.0397. The number of hydrogen-bond donors (Lipinski definition) is 1. The van der Waals surface area contributed by atoms with E-state index < -0.39 is 0 Å². The zero-order chi connectivity index (χ0) is 11.9. The van der Waals surface area contributed by atoms with Gasteiger partial charge in [0.05, 0.1) is 0 Å². The van der Waals surface area contributed by atoms with Crippen LogP contribution in [-0.4, -0.2) is 13.3 Å². The van der Waals surface area contributed by atoms with Gasteiger partial charge in [-0.3, -0.25) is 0 Å². The number of hydrogen-bond acceptors (Lipinski definition) is 3. The first kappa shape index (κ1) is 11.2. The smallest absolute Gasteiger partial charge is 0.231 e. The normalized spacial score (nSPS) is 20.8. The molecule has 4 heteroatoms. The summed E-state index contributed by atoms with van der Waals surface area (Å²) in [6.45, 7) is 0.928. The molecule has 1 heterocycles. The summed E-state index contributed by atoms with van der Waals surface area (Å²) in [5.74, 6) is 1.54. The Kier molecular flexibility index (Phi) is 2.68. The first-order chi connectivity index (χ1) is 8.25. The van der Waals surface area contributed by atoms with Crippen molar-refractivity contribution < 1.29 is 9.47 Å². The predicted octanol–water partition coefficient (Wildman–Crippen LogP) is 2.84. The van der Waals surface area contributed by atoms with Crippen molar-refractivity contribution in [2.45, 2.75) is 31.1 Å². The standard InChI is InChI=1S/C13H16ClNO2/c14-10-6-12-11(16-8-17-12)5-9(10)13(7-15)3-1-2-4-13/h5-6H,1-4,7-8,15H2. The van der Waals surface area contributed by atoms with Crippen molar-refractivity contribution in [2.24, 2.45) is 5.73 Å². The number of rotatable bonds is 2. The van der Waals surface area contributed by atoms with Gasteiger partial charge in [-0.15, -0.1) is 0 Å². The van der Waals surface area contributed by atoms with E-state index in [1.54, 1.807) is 0 Å². The van der Waals surface area contributed by atoms with Crippen molar-refractivity contribution in [3.8, 4) is 11.5 Å². The van der Waals surface area contributed by atoms with Gasteiger partial charge >= 0.3 is 0 Å². The van der Waals surface area contributed by atoms with Crippen molar-refractivity contribution in [2.75, 3.05) is 13.3 Å². The summed E-state index contributed by atoms with van der Waals surface area (Å²) in [5, 5.41) is 0.751. The van der Waals surface area contributed by atoms with E-state index in [1.807, 2.05) is 12.1 Å². The maximum absolute atomic E-state index is 6.37. The molecule has 0 radical (unpaired) electrons. The van der Waals surface area contributed by atoms with E-state index in [1.165, 1.54) is 12.8 Å². The van der Waals surface area contributed by atoms with Crippen LogP contribution in [0.3, 0.4) is 0 Å². The summed E-state index contributed by atoms with van der Waals surface area (Å²) in [4.78, 5) is 0. The fourth-order valence-electron chi connectivity index (χ4n) is 2.96. The molecule has 0 amide bonds. The lowest BCUT2D eigenvalue weighted by Crippen LogP contribution is -2.32. The number of halogens is 1. The van der Waals surface area contributed by atoms with E-state index >= 15 is 0 Å². The van der Waals surface area contributed by atoms with E-state index in [9.17, 15) is 0 Å². The topological polar surface area (TPSA) is 44.5 Å². The Hall–Kier alpha value is -0.930. The number of benzene rings is 1. The van der Waals surface area contributed by atoms with Gasteiger partial charge in [0, 0.05) is 23.0 Å². The van der Waals surface area contributed by atoms with Crippen molar-refractivity contribution >= 4 is 11.6 Å². The maximum atomic E-state index is 6.37. The second-order valence-electron chi connectivity index (χ2n) is 4.88. The van der Waals surface area contributed by atoms with Crippen molar-refractivity contribution in [1.82, 2.24) is 0 Å². The summed E-state index contributed by atoms with van der Waals surface area (Å²) in [6, 6.07) is 3.87. The summed E-state index contributed by atoms with van der Waals surface area (Å²) in [7, 11) is 0. The van der Waals surface area contributed by atoms with Gasteiger partial charge in [-0.25, -0.2) is 0 Å². The molecule has 1 aromatic carbocycles. The quantitative estimate of drug-likeness (QED) is 0.882. The van der Waals surface area contributed by atoms with Gasteiger partial charge in [-0.1, -0.05) is 24.4 Å². The molecular formula is C13H16ClNO2. The molecule has 17 heavy (non-hydrogen) atoms. The number of fused-ring (bicyclic) bond motifs is 1. The highest BCUT2D eigenvalue weighted by atomic mass is 35.5. The first-order valence-corrected chi connectivity index (χ1v) is 6.43. The third-order valence-corrected chi connectivity index (χ3v) is 4.30. The minimum atomic E-state index is 0.0397. The lowest BCUT2D eigenvalue weighted by atomic mass is 9.79. The fourth-order valence-corrected chi connectivity index (χ4v) is 3.31. The molecule has 1 aliphatic heterocycles. The zero-order valence-corrected chi connectivity index (χ0v) is 10.4. The van der Waals surface area contributed by atoms with E-state index in [4.69, 9.17) is 26.8 Å². The van der Waals surface area contributed by atoms with Crippen LogP contribution in [0.5, 0.6) is 11.5 Å². The lowest BCUT2D eigenvalue weighted by Gasteiger charge is -2.29. The summed E-state index contributed by atoms with van der Waals surface area (Å²) >= 11 is 6.37. The average Bonchev–Trinajstić information content (AvgIpc) is 2.95. The summed E-state index contributed by atoms with van der Waals surface area (Å²) in [6.07, 6.45) is 4.68. The van der Waals surface area contributed by atoms with Crippen LogP contribution in [0.1, 0.15) is 31.2 Å². The van der Waals surface area contributed by atoms with Gasteiger partial charge in [-0.2, -0.15) is 0 Å². The highest BCUT2D eigenvalue weighted by molar-refractivity contribution is 6.31. The molecule has 2 aliphatic rings. The molecule has 1 aromatic rings. The van der Waals surface area contributed by atoms with E-state index in [2.05, 4.69) is 0 Å². The molecule has 3 nitrogen and oxygen atoms in total. The van der Waals surface area contributed by atoms with Crippen molar-refractivity contribution in [1.29, 1.82) is 0 Å². The SMILES string of the molecule is NCC1(c2cc3c(cc2Cl)OCO3)CCCC1. The van der Waals surface area contributed by atoms with E-state index in [-0.39, 0.29) is 12.2 Å². The Bertz CT molecular complexity index is 441. The summed E-state index contributed by atoms with van der Waals surface area (Å²) in [5.41, 5.74) is 7.15. The molecule has 2 N–H and O–H groups in total. The molecule has 1 saturated carbocycles. The molecule has 0 spiro atoms. The van der Waals surface area contributed by atoms with Crippen LogP contribution >= 0.6 is 11.6 Å². The first-order valence-electron chi connectivity index (χ1n) is 6.05. The van der Waals surface area contributed by atoms with Gasteiger partial charge in [-0.05, 0) is 24.5 Å². The van der Waals surface area contributed by atoms with Crippen LogP contribution in [0, 0.1) is 0 Å². The molecule has 0 saturated heterocycles. The Labute approximate surface area is 106 Å². The van der Waals surface area contributed by atoms with Crippen molar-refractivity contribution in [3.63, 3.8) is 0 Å². The minimum Gasteiger partial charge on any atom is -0.454 e. The Morgan fingerprint density at radius 2 is 1.82 bits per heavy atom. The second kappa shape index (κ2) is 4.07. The molecule has 0 bridgehead atoms. The molecule has 1 fully saturated rings. The molecule has 0 atom stereocenters. The van der Waals surface area contributed by atoms with Gasteiger partial charge in [0.1, 0.15) is 0 Å². The zero-order valence-electron chi connectivity index (χ0n) is 9.67. The summed E-state index contributed by atoms with van der Waals surface area (Å²) < 4.78 is 10.7. The highest BCUT2D eigenvalue weighted by Crippen LogP contribution is 2.47. The predicted molar refractivity (Wildman–Crippen MR) is 66.8 cm³/mol.